The maximum Gasteiger partial charge on any atom is 0.419 e. The van der Waals surface area contributed by atoms with Gasteiger partial charge in [0.05, 0.1) is 11.6 Å². The lowest BCUT2D eigenvalue weighted by molar-refractivity contribution is 0.0516. The van der Waals surface area contributed by atoms with Crippen molar-refractivity contribution in [3.05, 3.63) is 45.8 Å². The topological polar surface area (TPSA) is 97.3 Å². The molecular formula is C20H21N3O4S. The predicted molar refractivity (Wildman–Crippen MR) is 107 cm³/mol. The molecule has 1 amide bonds. The monoisotopic (exact) mass is 399 g/mol. The molecule has 0 spiro atoms. The van der Waals surface area contributed by atoms with E-state index in [-0.39, 0.29) is 0 Å². The van der Waals surface area contributed by atoms with Crippen LogP contribution in [0, 0.1) is 11.3 Å². The Hall–Kier alpha value is -3.05. The lowest BCUT2D eigenvalue weighted by atomic mass is 10.1. The van der Waals surface area contributed by atoms with Gasteiger partial charge in [-0.3, -0.25) is 4.57 Å². The first-order chi connectivity index (χ1) is 13.2. The number of oxazole rings is 1. The second-order valence-electron chi connectivity index (χ2n) is 7.41. The van der Waals surface area contributed by atoms with Gasteiger partial charge in [-0.05, 0) is 56.7 Å². The van der Waals surface area contributed by atoms with E-state index in [2.05, 4.69) is 11.4 Å². The third kappa shape index (κ3) is 4.43. The van der Waals surface area contributed by atoms with Gasteiger partial charge in [0.25, 0.3) is 0 Å². The summed E-state index contributed by atoms with van der Waals surface area (Å²) in [6.07, 6.45) is -0.227. The fourth-order valence-corrected chi connectivity index (χ4v) is 3.75. The Labute approximate surface area is 166 Å². The van der Waals surface area contributed by atoms with Crippen molar-refractivity contribution >= 4 is 28.5 Å². The highest BCUT2D eigenvalue weighted by molar-refractivity contribution is 7.15. The van der Waals surface area contributed by atoms with E-state index in [1.807, 2.05) is 24.3 Å². The lowest BCUT2D eigenvalue weighted by Crippen LogP contribution is -2.39. The molecule has 146 valence electrons. The number of hydrogen-bond acceptors (Lipinski definition) is 6. The van der Waals surface area contributed by atoms with Crippen LogP contribution in [0.2, 0.25) is 0 Å². The van der Waals surface area contributed by atoms with E-state index in [1.54, 1.807) is 33.9 Å². The molecule has 8 heteroatoms. The van der Waals surface area contributed by atoms with Crippen molar-refractivity contribution in [1.29, 1.82) is 5.26 Å². The van der Waals surface area contributed by atoms with Gasteiger partial charge in [0.2, 0.25) is 0 Å². The van der Waals surface area contributed by atoms with Gasteiger partial charge in [-0.2, -0.15) is 5.26 Å². The molecule has 7 nitrogen and oxygen atoms in total. The summed E-state index contributed by atoms with van der Waals surface area (Å²) in [5, 5.41) is 11.9. The van der Waals surface area contributed by atoms with Gasteiger partial charge >= 0.3 is 11.8 Å². The molecule has 0 aliphatic carbocycles. The molecular weight excluding hydrogens is 378 g/mol. The van der Waals surface area contributed by atoms with Crippen LogP contribution in [-0.2, 0) is 18.2 Å². The Morgan fingerprint density at radius 1 is 1.36 bits per heavy atom. The molecule has 0 aliphatic heterocycles. The number of nitrogens with one attached hydrogen (secondary N) is 1. The Bertz CT molecular complexity index is 1110. The van der Waals surface area contributed by atoms with E-state index in [4.69, 9.17) is 9.15 Å². The number of amides is 1. The molecule has 2 heterocycles. The standard InChI is InChI=1S/C20H21N3O4S/c1-20(2,3)27-18(24)22-13(11-21)10-14-6-8-17(28-14)12-5-7-16-15(9-12)23(4)19(25)26-16/h5-9,13H,10H2,1-4H3,(H,22,24)/t13-/m0/s1. The molecule has 28 heavy (non-hydrogen) atoms. The van der Waals surface area contributed by atoms with Crippen molar-refractivity contribution < 1.29 is 13.9 Å². The van der Waals surface area contributed by atoms with Crippen molar-refractivity contribution in [2.24, 2.45) is 7.05 Å². The van der Waals surface area contributed by atoms with Crippen LogP contribution in [0.4, 0.5) is 4.79 Å². The zero-order chi connectivity index (χ0) is 20.5. The highest BCUT2D eigenvalue weighted by Gasteiger charge is 2.20. The van der Waals surface area contributed by atoms with Crippen molar-refractivity contribution in [2.45, 2.75) is 38.8 Å². The number of carbonyl (C=O) groups excluding carboxylic acids is 1. The average molecular weight is 399 g/mol. The van der Waals surface area contributed by atoms with E-state index < -0.39 is 23.5 Å². The number of aromatic nitrogens is 1. The van der Waals surface area contributed by atoms with Crippen molar-refractivity contribution in [1.82, 2.24) is 9.88 Å². The molecule has 1 aromatic carbocycles. The van der Waals surface area contributed by atoms with Crippen LogP contribution < -0.4 is 11.1 Å². The number of aryl methyl sites for hydroxylation is 1. The number of benzene rings is 1. The molecule has 3 aromatic rings. The summed E-state index contributed by atoms with van der Waals surface area (Å²) >= 11 is 1.53. The van der Waals surface area contributed by atoms with E-state index in [0.29, 0.717) is 12.0 Å². The summed E-state index contributed by atoms with van der Waals surface area (Å²) in [7, 11) is 1.66. The molecule has 0 bridgehead atoms. The number of hydrogen-bond donors (Lipinski definition) is 1. The van der Waals surface area contributed by atoms with Crippen LogP contribution in [0.5, 0.6) is 0 Å². The number of fused-ring (bicyclic) bond motifs is 1. The summed E-state index contributed by atoms with van der Waals surface area (Å²) < 4.78 is 11.8. The number of thiophene rings is 1. The normalized spacial score (nSPS) is 12.5. The number of rotatable bonds is 4. The van der Waals surface area contributed by atoms with Crippen molar-refractivity contribution in [2.75, 3.05) is 0 Å². The van der Waals surface area contributed by atoms with Crippen LogP contribution in [0.1, 0.15) is 25.6 Å². The van der Waals surface area contributed by atoms with Crippen LogP contribution in [0.15, 0.2) is 39.5 Å². The van der Waals surface area contributed by atoms with Gasteiger partial charge < -0.3 is 14.5 Å². The van der Waals surface area contributed by atoms with Gasteiger partial charge in [-0.25, -0.2) is 9.59 Å². The van der Waals surface area contributed by atoms with Gasteiger partial charge in [0.15, 0.2) is 5.58 Å². The SMILES string of the molecule is Cn1c(=O)oc2ccc(-c3ccc(C[C@@H](C#N)NC(=O)OC(C)(C)C)s3)cc21. The Balaban J connectivity index is 1.74. The first kappa shape index (κ1) is 19.7. The average Bonchev–Trinajstić information content (AvgIpc) is 3.17. The quantitative estimate of drug-likeness (QED) is 0.719. The van der Waals surface area contributed by atoms with Gasteiger partial charge in [-0.1, -0.05) is 0 Å². The third-order valence-corrected chi connectivity index (χ3v) is 5.15. The number of carbonyl (C=O) groups is 1. The second kappa shape index (κ2) is 7.52. The first-order valence-electron chi connectivity index (χ1n) is 8.74. The number of ether oxygens (including phenoxy) is 1. The molecule has 0 unspecified atom stereocenters. The fraction of sp³-hybridized carbons (Fsp3) is 0.350. The van der Waals surface area contributed by atoms with Gasteiger partial charge in [-0.15, -0.1) is 11.3 Å². The minimum absolute atomic E-state index is 0.382. The highest BCUT2D eigenvalue weighted by atomic mass is 32.1. The van der Waals surface area contributed by atoms with E-state index in [9.17, 15) is 14.9 Å². The predicted octanol–water partition coefficient (Wildman–Crippen LogP) is 3.82. The van der Waals surface area contributed by atoms with Crippen LogP contribution in [-0.4, -0.2) is 22.3 Å². The Morgan fingerprint density at radius 2 is 2.11 bits per heavy atom. The molecule has 0 radical (unpaired) electrons. The molecule has 1 atom stereocenters. The van der Waals surface area contributed by atoms with Gasteiger partial charge in [0, 0.05) is 23.2 Å². The largest absolute Gasteiger partial charge is 0.444 e. The minimum atomic E-state index is -0.682. The molecule has 3 rings (SSSR count). The Kier molecular flexibility index (Phi) is 5.29. The van der Waals surface area contributed by atoms with E-state index in [1.165, 1.54) is 15.9 Å². The number of nitriles is 1. The smallest absolute Gasteiger partial charge is 0.419 e. The van der Waals surface area contributed by atoms with Crippen molar-refractivity contribution in [3.63, 3.8) is 0 Å². The molecule has 0 saturated carbocycles. The summed E-state index contributed by atoms with van der Waals surface area (Å²) in [5.41, 5.74) is 1.60. The summed E-state index contributed by atoms with van der Waals surface area (Å²) in [5.74, 6) is -0.399. The highest BCUT2D eigenvalue weighted by Crippen LogP contribution is 2.30. The summed E-state index contributed by atoms with van der Waals surface area (Å²) in [4.78, 5) is 25.5. The fourth-order valence-electron chi connectivity index (χ4n) is 2.70. The van der Waals surface area contributed by atoms with Crippen molar-refractivity contribution in [3.8, 4) is 16.5 Å². The van der Waals surface area contributed by atoms with Gasteiger partial charge in [0.1, 0.15) is 11.6 Å². The molecule has 1 N–H and O–H groups in total. The molecule has 0 aliphatic rings. The zero-order valence-corrected chi connectivity index (χ0v) is 16.9. The lowest BCUT2D eigenvalue weighted by Gasteiger charge is -2.21. The maximum absolute atomic E-state index is 11.9. The second-order valence-corrected chi connectivity index (χ2v) is 8.58. The van der Waals surface area contributed by atoms with E-state index in [0.717, 1.165) is 20.8 Å². The summed E-state index contributed by atoms with van der Waals surface area (Å²) in [6, 6.07) is 10.9. The van der Waals surface area contributed by atoms with Crippen LogP contribution in [0.25, 0.3) is 21.5 Å². The molecule has 0 fully saturated rings. The Morgan fingerprint density at radius 3 is 2.79 bits per heavy atom. The van der Waals surface area contributed by atoms with Crippen LogP contribution >= 0.6 is 11.3 Å². The van der Waals surface area contributed by atoms with Crippen LogP contribution in [0.3, 0.4) is 0 Å². The maximum atomic E-state index is 11.9. The zero-order valence-electron chi connectivity index (χ0n) is 16.1. The van der Waals surface area contributed by atoms with E-state index >= 15 is 0 Å². The third-order valence-electron chi connectivity index (χ3n) is 3.99. The molecule has 2 aromatic heterocycles. The first-order valence-corrected chi connectivity index (χ1v) is 9.56. The number of nitrogens with zero attached hydrogens (tertiary/aromatic N) is 2. The summed E-state index contributed by atoms with van der Waals surface area (Å²) in [6.45, 7) is 5.31. The minimum Gasteiger partial charge on any atom is -0.444 e. The number of alkyl carbamates (subject to hydrolysis) is 1. The molecule has 0 saturated heterocycles.